The molecule has 0 aliphatic carbocycles. The predicted molar refractivity (Wildman–Crippen MR) is 109 cm³/mol. The summed E-state index contributed by atoms with van der Waals surface area (Å²) in [4.78, 5) is 4.60. The Balaban J connectivity index is 1.68. The molecule has 0 bridgehead atoms. The van der Waals surface area contributed by atoms with Crippen LogP contribution in [0.2, 0.25) is 0 Å². The van der Waals surface area contributed by atoms with Crippen molar-refractivity contribution < 1.29 is 13.0 Å². The number of pyridine rings is 1. The first kappa shape index (κ1) is 21.9. The van der Waals surface area contributed by atoms with Crippen molar-refractivity contribution in [1.82, 2.24) is 4.98 Å². The highest BCUT2D eigenvalue weighted by Crippen LogP contribution is 2.27. The molecule has 2 rings (SSSR count). The Bertz CT molecular complexity index is 672. The number of nitrogens with one attached hydrogen (secondary N) is 1. The molecule has 2 heterocycles. The minimum atomic E-state index is -2.71. The molecular weight excluding hydrogens is 368 g/mol. The summed E-state index contributed by atoms with van der Waals surface area (Å²) in [6.45, 7) is 6.37. The van der Waals surface area contributed by atoms with Crippen LogP contribution in [-0.4, -0.2) is 32.6 Å². The van der Waals surface area contributed by atoms with E-state index in [1.165, 1.54) is 11.8 Å². The van der Waals surface area contributed by atoms with E-state index in [0.29, 0.717) is 12.8 Å². The summed E-state index contributed by atoms with van der Waals surface area (Å²) in [5.41, 5.74) is 2.20. The van der Waals surface area contributed by atoms with Crippen molar-refractivity contribution in [3.63, 3.8) is 0 Å². The van der Waals surface area contributed by atoms with Crippen LogP contribution in [0.15, 0.2) is 16.5 Å². The molecule has 1 atom stereocenters. The number of nitrogens with zero attached hydrogens (tertiary/aromatic N) is 2. The molecule has 1 aliphatic heterocycles. The highest BCUT2D eigenvalue weighted by atomic mass is 32.2. The number of hydrogen-bond acceptors (Lipinski definition) is 3. The Morgan fingerprint density at radius 2 is 2.04 bits per heavy atom. The minimum absolute atomic E-state index is 0.133. The van der Waals surface area contributed by atoms with Crippen LogP contribution in [0.3, 0.4) is 0 Å². The van der Waals surface area contributed by atoms with Crippen molar-refractivity contribution in [3.05, 3.63) is 23.4 Å². The third-order valence-corrected chi connectivity index (χ3v) is 5.90. The molecule has 1 aromatic rings. The summed E-state index contributed by atoms with van der Waals surface area (Å²) in [6, 6.07) is 4.11. The predicted octanol–water partition coefficient (Wildman–Crippen LogP) is 5.10. The van der Waals surface area contributed by atoms with Gasteiger partial charge in [0.25, 0.3) is 0 Å². The third-order valence-electron chi connectivity index (χ3n) is 4.51. The lowest BCUT2D eigenvalue weighted by molar-refractivity contribution is -0.0161. The van der Waals surface area contributed by atoms with E-state index in [4.69, 9.17) is 0 Å². The fraction of sp³-hybridized carbons (Fsp3) is 0.700. The highest BCUT2D eigenvalue weighted by molar-refractivity contribution is 7.85. The van der Waals surface area contributed by atoms with Gasteiger partial charge < -0.3 is 5.32 Å². The van der Waals surface area contributed by atoms with E-state index in [0.717, 1.165) is 37.3 Å². The first-order valence-corrected chi connectivity index (χ1v) is 10.8. The van der Waals surface area contributed by atoms with Crippen LogP contribution in [0, 0.1) is 0 Å². The minimum Gasteiger partial charge on any atom is -0.370 e. The zero-order valence-corrected chi connectivity index (χ0v) is 17.4. The van der Waals surface area contributed by atoms with E-state index in [9.17, 15) is 13.0 Å². The fourth-order valence-corrected chi connectivity index (χ4v) is 3.43. The second kappa shape index (κ2) is 9.71. The number of fused-ring (bicyclic) bond motifs is 1. The van der Waals surface area contributed by atoms with Crippen molar-refractivity contribution in [2.75, 3.05) is 11.9 Å². The molecule has 1 aromatic heterocycles. The first-order chi connectivity index (χ1) is 12.7. The number of unbranched alkanes of at least 4 members (excludes halogenated alkanes) is 1. The summed E-state index contributed by atoms with van der Waals surface area (Å²) < 4.78 is 43.1. The monoisotopic (exact) mass is 399 g/mol. The van der Waals surface area contributed by atoms with Gasteiger partial charge in [-0.25, -0.2) is 18.0 Å². The maximum atomic E-state index is 14.0. The lowest BCUT2D eigenvalue weighted by Gasteiger charge is -2.18. The number of rotatable bonds is 9. The van der Waals surface area contributed by atoms with Gasteiger partial charge in [0.15, 0.2) is 0 Å². The van der Waals surface area contributed by atoms with Crippen molar-refractivity contribution in [2.45, 2.75) is 82.8 Å². The molecule has 0 amide bonds. The topological polar surface area (TPSA) is 54.4 Å². The van der Waals surface area contributed by atoms with Crippen molar-refractivity contribution in [2.24, 2.45) is 4.40 Å². The van der Waals surface area contributed by atoms with Gasteiger partial charge in [-0.15, -0.1) is 0 Å². The van der Waals surface area contributed by atoms with E-state index in [-0.39, 0.29) is 19.3 Å². The van der Waals surface area contributed by atoms with Crippen LogP contribution in [0.5, 0.6) is 0 Å². The van der Waals surface area contributed by atoms with Gasteiger partial charge >= 0.3 is 0 Å². The molecule has 0 saturated carbocycles. The van der Waals surface area contributed by atoms with E-state index < -0.39 is 21.7 Å². The number of anilines is 1. The van der Waals surface area contributed by atoms with Crippen LogP contribution >= 0.6 is 0 Å². The average Bonchev–Trinajstić information content (AvgIpc) is 2.61. The molecule has 0 spiro atoms. The maximum absolute atomic E-state index is 14.0. The highest BCUT2D eigenvalue weighted by Gasteiger charge is 2.27. The van der Waals surface area contributed by atoms with Gasteiger partial charge in [0.1, 0.15) is 16.8 Å². The van der Waals surface area contributed by atoms with Gasteiger partial charge in [-0.3, -0.25) is 0 Å². The fourth-order valence-electron chi connectivity index (χ4n) is 2.88. The van der Waals surface area contributed by atoms with E-state index in [2.05, 4.69) is 20.8 Å². The Morgan fingerprint density at radius 1 is 1.26 bits per heavy atom. The lowest BCUT2D eigenvalue weighted by Crippen LogP contribution is -2.20. The number of aryl methyl sites for hydroxylation is 2. The summed E-state index contributed by atoms with van der Waals surface area (Å²) in [5, 5.41) is 3.30. The standard InChI is InChI=1S/C20H31F2N3OS/c1-19(2,3)27(26)24-15-7-13-20(21,22)12-5-4-9-17-11-10-16-8-6-14-23-18(16)25-17/h10-11,15H,4-9,12-14H2,1-3H3,(H,23,25). The van der Waals surface area contributed by atoms with Crippen molar-refractivity contribution in [1.29, 1.82) is 0 Å². The smallest absolute Gasteiger partial charge is 0.248 e. The average molecular weight is 400 g/mol. The molecular formula is C20H31F2N3OS. The molecule has 7 heteroatoms. The van der Waals surface area contributed by atoms with Gasteiger partial charge in [-0.05, 0) is 70.9 Å². The summed E-state index contributed by atoms with van der Waals surface area (Å²) in [6.07, 6.45) is 5.19. The Kier molecular flexibility index (Phi) is 7.89. The Morgan fingerprint density at radius 3 is 2.78 bits per heavy atom. The zero-order valence-electron chi connectivity index (χ0n) is 16.6. The van der Waals surface area contributed by atoms with Gasteiger partial charge in [-0.2, -0.15) is 4.40 Å². The van der Waals surface area contributed by atoms with Crippen LogP contribution in [0.4, 0.5) is 14.6 Å². The lowest BCUT2D eigenvalue weighted by atomic mass is 10.0. The molecule has 1 unspecified atom stereocenters. The number of aromatic nitrogens is 1. The number of hydrogen-bond donors (Lipinski definition) is 1. The van der Waals surface area contributed by atoms with Gasteiger partial charge in [0, 0.05) is 31.3 Å². The Hall–Kier alpha value is -1.37. The normalized spacial score (nSPS) is 16.2. The second-order valence-electron chi connectivity index (χ2n) is 8.09. The Labute approximate surface area is 163 Å². The van der Waals surface area contributed by atoms with Crippen molar-refractivity contribution in [3.8, 4) is 0 Å². The second-order valence-corrected chi connectivity index (χ2v) is 10.0. The molecule has 0 radical (unpaired) electrons. The van der Waals surface area contributed by atoms with Gasteiger partial charge in [0.05, 0.1) is 4.75 Å². The molecule has 152 valence electrons. The van der Waals surface area contributed by atoms with Gasteiger partial charge in [0.2, 0.25) is 5.92 Å². The molecule has 27 heavy (non-hydrogen) atoms. The van der Waals surface area contributed by atoms with Gasteiger partial charge in [-0.1, -0.05) is 6.07 Å². The quantitative estimate of drug-likeness (QED) is 0.464. The number of halogens is 2. The third kappa shape index (κ3) is 7.64. The van der Waals surface area contributed by atoms with Crippen LogP contribution in [0.25, 0.3) is 0 Å². The first-order valence-electron chi connectivity index (χ1n) is 9.72. The van der Waals surface area contributed by atoms with E-state index >= 15 is 0 Å². The van der Waals surface area contributed by atoms with Crippen LogP contribution in [0.1, 0.15) is 70.6 Å². The number of alkyl halides is 2. The van der Waals surface area contributed by atoms with Crippen molar-refractivity contribution >= 4 is 23.0 Å². The zero-order chi connectivity index (χ0) is 19.9. The van der Waals surface area contributed by atoms with E-state index in [1.807, 2.05) is 26.8 Å². The molecule has 0 saturated heterocycles. The largest absolute Gasteiger partial charge is 0.370 e. The molecule has 0 aromatic carbocycles. The molecule has 0 fully saturated rings. The summed E-state index contributed by atoms with van der Waals surface area (Å²) in [5.74, 6) is -1.75. The van der Waals surface area contributed by atoms with Crippen LogP contribution in [-0.2, 0) is 23.8 Å². The summed E-state index contributed by atoms with van der Waals surface area (Å²) in [7, 11) is -1.38. The van der Waals surface area contributed by atoms with E-state index in [1.54, 1.807) is 0 Å². The SMILES string of the molecule is CC(C)(C)S(=O)N=CCCC(F)(F)CCCCc1ccc2c(n1)NCCC2. The molecule has 1 N–H and O–H groups in total. The van der Waals surface area contributed by atoms with Crippen LogP contribution < -0.4 is 5.32 Å². The molecule has 4 nitrogen and oxygen atoms in total. The summed E-state index contributed by atoms with van der Waals surface area (Å²) >= 11 is 0. The maximum Gasteiger partial charge on any atom is 0.248 e. The molecule has 1 aliphatic rings.